The Hall–Kier alpha value is -1.26. The Kier molecular flexibility index (Phi) is 4.66. The Bertz CT molecular complexity index is 569. The van der Waals surface area contributed by atoms with Gasteiger partial charge in [-0.1, -0.05) is 31.0 Å². The van der Waals surface area contributed by atoms with E-state index < -0.39 is 0 Å². The molecule has 0 spiro atoms. The first-order valence-electron chi connectivity index (χ1n) is 6.20. The highest BCUT2D eigenvalue weighted by Crippen LogP contribution is 2.29. The molecule has 5 heteroatoms. The minimum atomic E-state index is 0.634. The monoisotopic (exact) mass is 296 g/mol. The van der Waals surface area contributed by atoms with E-state index in [1.807, 2.05) is 18.2 Å². The molecule has 102 valence electrons. The molecule has 1 aromatic heterocycles. The summed E-state index contributed by atoms with van der Waals surface area (Å²) in [5.74, 6) is 0.697. The van der Waals surface area contributed by atoms with Crippen molar-refractivity contribution in [2.45, 2.75) is 26.2 Å². The van der Waals surface area contributed by atoms with Gasteiger partial charge in [-0.15, -0.1) is 11.3 Å². The molecular weight excluding hydrogens is 280 g/mol. The predicted octanol–water partition coefficient (Wildman–Crippen LogP) is 3.93. The summed E-state index contributed by atoms with van der Waals surface area (Å²) in [7, 11) is 1.62. The number of methoxy groups -OCH3 is 1. The van der Waals surface area contributed by atoms with Crippen LogP contribution in [0.2, 0.25) is 5.02 Å². The van der Waals surface area contributed by atoms with Crippen molar-refractivity contribution in [1.29, 1.82) is 0 Å². The predicted molar refractivity (Wildman–Crippen MR) is 81.3 cm³/mol. The Morgan fingerprint density at radius 3 is 2.84 bits per heavy atom. The average molecular weight is 297 g/mol. The Labute approximate surface area is 122 Å². The summed E-state index contributed by atoms with van der Waals surface area (Å²) < 4.78 is 5.15. The highest BCUT2D eigenvalue weighted by atomic mass is 35.5. The van der Waals surface area contributed by atoms with E-state index in [-0.39, 0.29) is 0 Å². The van der Waals surface area contributed by atoms with Gasteiger partial charge in [-0.3, -0.25) is 0 Å². The maximum Gasteiger partial charge on any atom is 0.180 e. The number of thiazole rings is 1. The normalized spacial score (nSPS) is 10.7. The SMILES string of the molecule is CCCc1nc(N)sc1Cc1ccc(OC)c(Cl)c1. The number of rotatable bonds is 5. The molecule has 2 rings (SSSR count). The zero-order chi connectivity index (χ0) is 13.8. The number of nitrogen functional groups attached to an aromatic ring is 1. The van der Waals surface area contributed by atoms with Crippen LogP contribution in [0.5, 0.6) is 5.75 Å². The van der Waals surface area contributed by atoms with E-state index in [2.05, 4.69) is 11.9 Å². The number of aromatic nitrogens is 1. The Morgan fingerprint density at radius 1 is 1.42 bits per heavy atom. The van der Waals surface area contributed by atoms with Gasteiger partial charge < -0.3 is 10.5 Å². The summed E-state index contributed by atoms with van der Waals surface area (Å²) in [6.45, 7) is 2.14. The lowest BCUT2D eigenvalue weighted by Crippen LogP contribution is -1.93. The third-order valence-electron chi connectivity index (χ3n) is 2.86. The van der Waals surface area contributed by atoms with Gasteiger partial charge in [-0.2, -0.15) is 0 Å². The number of hydrogen-bond acceptors (Lipinski definition) is 4. The molecule has 1 heterocycles. The van der Waals surface area contributed by atoms with Gasteiger partial charge in [0.2, 0.25) is 0 Å². The molecule has 1 aromatic carbocycles. The molecule has 0 aliphatic carbocycles. The lowest BCUT2D eigenvalue weighted by Gasteiger charge is -2.06. The third kappa shape index (κ3) is 3.39. The number of halogens is 1. The summed E-state index contributed by atoms with van der Waals surface area (Å²) in [5.41, 5.74) is 8.05. The molecule has 0 fully saturated rings. The number of ether oxygens (including phenoxy) is 1. The summed E-state index contributed by atoms with van der Waals surface area (Å²) in [6.07, 6.45) is 2.85. The van der Waals surface area contributed by atoms with E-state index in [1.54, 1.807) is 18.4 Å². The molecule has 0 amide bonds. The summed E-state index contributed by atoms with van der Waals surface area (Å²) >= 11 is 7.70. The zero-order valence-corrected chi connectivity index (χ0v) is 12.6. The largest absolute Gasteiger partial charge is 0.495 e. The second kappa shape index (κ2) is 6.26. The first kappa shape index (κ1) is 14.2. The Balaban J connectivity index is 2.23. The number of benzene rings is 1. The first-order chi connectivity index (χ1) is 9.13. The number of hydrogen-bond donors (Lipinski definition) is 1. The number of nitrogens with zero attached hydrogens (tertiary/aromatic N) is 1. The summed E-state index contributed by atoms with van der Waals surface area (Å²) in [5, 5.41) is 1.27. The first-order valence-corrected chi connectivity index (χ1v) is 7.40. The van der Waals surface area contributed by atoms with Gasteiger partial charge in [-0.05, 0) is 24.1 Å². The van der Waals surface area contributed by atoms with Crippen molar-refractivity contribution in [3.05, 3.63) is 39.4 Å². The second-order valence-electron chi connectivity index (χ2n) is 4.32. The van der Waals surface area contributed by atoms with Crippen molar-refractivity contribution in [3.8, 4) is 5.75 Å². The van der Waals surface area contributed by atoms with E-state index in [9.17, 15) is 0 Å². The molecule has 2 N–H and O–H groups in total. The number of nitrogens with two attached hydrogens (primary N) is 1. The molecule has 19 heavy (non-hydrogen) atoms. The van der Waals surface area contributed by atoms with Crippen molar-refractivity contribution in [2.75, 3.05) is 12.8 Å². The lowest BCUT2D eigenvalue weighted by atomic mass is 10.1. The molecule has 0 saturated heterocycles. The molecule has 0 bridgehead atoms. The second-order valence-corrected chi connectivity index (χ2v) is 5.84. The molecular formula is C14H17ClN2OS. The minimum absolute atomic E-state index is 0.634. The smallest absolute Gasteiger partial charge is 0.180 e. The summed E-state index contributed by atoms with van der Waals surface area (Å²) in [4.78, 5) is 5.61. The molecule has 0 unspecified atom stereocenters. The molecule has 2 aromatic rings. The average Bonchev–Trinajstić information content (AvgIpc) is 2.70. The minimum Gasteiger partial charge on any atom is -0.495 e. The van der Waals surface area contributed by atoms with E-state index in [1.165, 1.54) is 4.88 Å². The molecule has 0 aliphatic heterocycles. The number of anilines is 1. The highest BCUT2D eigenvalue weighted by Gasteiger charge is 2.10. The molecule has 0 atom stereocenters. The van der Waals surface area contributed by atoms with Crippen molar-refractivity contribution in [1.82, 2.24) is 4.98 Å². The van der Waals surface area contributed by atoms with Crippen LogP contribution in [-0.2, 0) is 12.8 Å². The highest BCUT2D eigenvalue weighted by molar-refractivity contribution is 7.15. The number of aryl methyl sites for hydroxylation is 1. The lowest BCUT2D eigenvalue weighted by molar-refractivity contribution is 0.415. The van der Waals surface area contributed by atoms with Gasteiger partial charge in [0.15, 0.2) is 5.13 Å². The van der Waals surface area contributed by atoms with Crippen LogP contribution < -0.4 is 10.5 Å². The van der Waals surface area contributed by atoms with Gasteiger partial charge in [0.1, 0.15) is 5.75 Å². The van der Waals surface area contributed by atoms with E-state index in [0.29, 0.717) is 15.9 Å². The van der Waals surface area contributed by atoms with Crippen LogP contribution in [0, 0.1) is 0 Å². The van der Waals surface area contributed by atoms with E-state index in [4.69, 9.17) is 22.1 Å². The quantitative estimate of drug-likeness (QED) is 0.909. The van der Waals surface area contributed by atoms with Crippen LogP contribution in [0.15, 0.2) is 18.2 Å². The molecule has 0 saturated carbocycles. The van der Waals surface area contributed by atoms with Crippen LogP contribution in [0.3, 0.4) is 0 Å². The van der Waals surface area contributed by atoms with Crippen molar-refractivity contribution < 1.29 is 4.74 Å². The zero-order valence-electron chi connectivity index (χ0n) is 11.1. The molecule has 0 aliphatic rings. The summed E-state index contributed by atoms with van der Waals surface area (Å²) in [6, 6.07) is 5.85. The fourth-order valence-electron chi connectivity index (χ4n) is 1.98. The van der Waals surface area contributed by atoms with Gasteiger partial charge in [0.25, 0.3) is 0 Å². The van der Waals surface area contributed by atoms with Gasteiger partial charge in [0.05, 0.1) is 17.8 Å². The maximum atomic E-state index is 6.14. The van der Waals surface area contributed by atoms with Crippen molar-refractivity contribution in [2.24, 2.45) is 0 Å². The van der Waals surface area contributed by atoms with Crippen molar-refractivity contribution in [3.63, 3.8) is 0 Å². The maximum absolute atomic E-state index is 6.14. The van der Waals surface area contributed by atoms with Gasteiger partial charge >= 0.3 is 0 Å². The standard InChI is InChI=1S/C14H17ClN2OS/c1-3-4-11-13(19-14(16)17-11)8-9-5-6-12(18-2)10(15)7-9/h5-7H,3-4,8H2,1-2H3,(H2,16,17). The molecule has 3 nitrogen and oxygen atoms in total. The fraction of sp³-hybridized carbons (Fsp3) is 0.357. The fourth-order valence-corrected chi connectivity index (χ4v) is 3.17. The third-order valence-corrected chi connectivity index (χ3v) is 4.08. The van der Waals surface area contributed by atoms with E-state index in [0.717, 1.165) is 30.5 Å². The van der Waals surface area contributed by atoms with Crippen LogP contribution in [-0.4, -0.2) is 12.1 Å². The van der Waals surface area contributed by atoms with Gasteiger partial charge in [-0.25, -0.2) is 4.98 Å². The topological polar surface area (TPSA) is 48.1 Å². The Morgan fingerprint density at radius 2 is 2.21 bits per heavy atom. The van der Waals surface area contributed by atoms with Crippen LogP contribution >= 0.6 is 22.9 Å². The van der Waals surface area contributed by atoms with Crippen LogP contribution in [0.25, 0.3) is 0 Å². The van der Waals surface area contributed by atoms with Crippen LogP contribution in [0.4, 0.5) is 5.13 Å². The molecule has 0 radical (unpaired) electrons. The van der Waals surface area contributed by atoms with Gasteiger partial charge in [0, 0.05) is 11.3 Å². The van der Waals surface area contributed by atoms with Crippen molar-refractivity contribution >= 4 is 28.1 Å². The van der Waals surface area contributed by atoms with Crippen LogP contribution in [0.1, 0.15) is 29.5 Å². The van der Waals surface area contributed by atoms with E-state index >= 15 is 0 Å².